The maximum absolute atomic E-state index is 5.88. The monoisotopic (exact) mass is 213 g/mol. The number of hydrogen-bond acceptors (Lipinski definition) is 2. The molecule has 16 heavy (non-hydrogen) atoms. The van der Waals surface area contributed by atoms with Crippen LogP contribution in [0.4, 0.5) is 5.69 Å². The average molecular weight is 213 g/mol. The summed E-state index contributed by atoms with van der Waals surface area (Å²) in [6.07, 6.45) is 0. The highest BCUT2D eigenvalue weighted by atomic mass is 16.5. The molecule has 0 bridgehead atoms. The van der Waals surface area contributed by atoms with E-state index < -0.39 is 0 Å². The molecule has 0 saturated heterocycles. The van der Waals surface area contributed by atoms with Crippen molar-refractivity contribution in [3.8, 4) is 11.5 Å². The molecule has 0 saturated carbocycles. The fourth-order valence-corrected chi connectivity index (χ4v) is 1.57. The van der Waals surface area contributed by atoms with E-state index in [0.717, 1.165) is 11.3 Å². The van der Waals surface area contributed by atoms with Crippen molar-refractivity contribution in [2.45, 2.75) is 13.8 Å². The Labute approximate surface area is 95.7 Å². The standard InChI is InChI=1S/C14H15NO/c1-10-4-3-5-12(8-10)16-14-7-6-11(2)9-13(14)15/h3-9H,15H2,1-2H3. The molecular weight excluding hydrogens is 198 g/mol. The molecule has 0 aliphatic carbocycles. The second-order valence-corrected chi connectivity index (χ2v) is 3.96. The number of anilines is 1. The Bertz CT molecular complexity index is 506. The molecule has 0 atom stereocenters. The van der Waals surface area contributed by atoms with Crippen LogP contribution in [-0.4, -0.2) is 0 Å². The molecule has 0 radical (unpaired) electrons. The highest BCUT2D eigenvalue weighted by Gasteiger charge is 2.02. The second kappa shape index (κ2) is 4.27. The van der Waals surface area contributed by atoms with Crippen LogP contribution in [0.2, 0.25) is 0 Å². The minimum absolute atomic E-state index is 0.668. The summed E-state index contributed by atoms with van der Waals surface area (Å²) in [6.45, 7) is 4.04. The highest BCUT2D eigenvalue weighted by Crippen LogP contribution is 2.28. The summed E-state index contributed by atoms with van der Waals surface area (Å²) in [6, 6.07) is 13.7. The maximum Gasteiger partial charge on any atom is 0.150 e. The number of ether oxygens (including phenoxy) is 1. The zero-order valence-corrected chi connectivity index (χ0v) is 9.53. The Hall–Kier alpha value is -1.96. The Morgan fingerprint density at radius 1 is 0.938 bits per heavy atom. The fourth-order valence-electron chi connectivity index (χ4n) is 1.57. The van der Waals surface area contributed by atoms with E-state index in [9.17, 15) is 0 Å². The average Bonchev–Trinajstić information content (AvgIpc) is 2.22. The van der Waals surface area contributed by atoms with Gasteiger partial charge in [0.2, 0.25) is 0 Å². The Morgan fingerprint density at radius 2 is 1.69 bits per heavy atom. The first-order valence-corrected chi connectivity index (χ1v) is 5.26. The molecule has 0 heterocycles. The van der Waals surface area contributed by atoms with Crippen molar-refractivity contribution in [3.05, 3.63) is 53.6 Å². The van der Waals surface area contributed by atoms with Gasteiger partial charge in [0.1, 0.15) is 11.5 Å². The molecule has 2 rings (SSSR count). The summed E-state index contributed by atoms with van der Waals surface area (Å²) < 4.78 is 5.72. The zero-order valence-electron chi connectivity index (χ0n) is 9.53. The molecule has 2 N–H and O–H groups in total. The smallest absolute Gasteiger partial charge is 0.150 e. The van der Waals surface area contributed by atoms with Crippen molar-refractivity contribution in [2.24, 2.45) is 0 Å². The van der Waals surface area contributed by atoms with Gasteiger partial charge in [-0.1, -0.05) is 18.2 Å². The van der Waals surface area contributed by atoms with Crippen LogP contribution in [0.5, 0.6) is 11.5 Å². The minimum atomic E-state index is 0.668. The van der Waals surface area contributed by atoms with E-state index in [1.807, 2.05) is 56.3 Å². The predicted octanol–water partition coefficient (Wildman–Crippen LogP) is 3.68. The van der Waals surface area contributed by atoms with Gasteiger partial charge in [0.25, 0.3) is 0 Å². The van der Waals surface area contributed by atoms with Gasteiger partial charge in [-0.3, -0.25) is 0 Å². The second-order valence-electron chi connectivity index (χ2n) is 3.96. The highest BCUT2D eigenvalue weighted by molar-refractivity contribution is 5.55. The first-order chi connectivity index (χ1) is 7.65. The van der Waals surface area contributed by atoms with Crippen LogP contribution in [0.1, 0.15) is 11.1 Å². The van der Waals surface area contributed by atoms with Crippen LogP contribution in [0.15, 0.2) is 42.5 Å². The lowest BCUT2D eigenvalue weighted by Crippen LogP contribution is -1.92. The van der Waals surface area contributed by atoms with E-state index in [4.69, 9.17) is 10.5 Å². The molecule has 82 valence electrons. The van der Waals surface area contributed by atoms with Crippen molar-refractivity contribution in [1.82, 2.24) is 0 Å². The molecular formula is C14H15NO. The number of nitrogens with two attached hydrogens (primary N) is 1. The molecule has 2 heteroatoms. The lowest BCUT2D eigenvalue weighted by Gasteiger charge is -2.09. The summed E-state index contributed by atoms with van der Waals surface area (Å²) in [4.78, 5) is 0. The number of aryl methyl sites for hydroxylation is 2. The first-order valence-electron chi connectivity index (χ1n) is 5.26. The van der Waals surface area contributed by atoms with E-state index in [2.05, 4.69) is 0 Å². The number of rotatable bonds is 2. The van der Waals surface area contributed by atoms with Crippen LogP contribution >= 0.6 is 0 Å². The van der Waals surface area contributed by atoms with Crippen molar-refractivity contribution in [1.29, 1.82) is 0 Å². The van der Waals surface area contributed by atoms with Crippen molar-refractivity contribution < 1.29 is 4.74 Å². The van der Waals surface area contributed by atoms with Gasteiger partial charge < -0.3 is 10.5 Å². The fraction of sp³-hybridized carbons (Fsp3) is 0.143. The molecule has 0 aliphatic rings. The lowest BCUT2D eigenvalue weighted by molar-refractivity contribution is 0.484. The van der Waals surface area contributed by atoms with E-state index >= 15 is 0 Å². The van der Waals surface area contributed by atoms with Gasteiger partial charge in [0, 0.05) is 0 Å². The number of nitrogen functional groups attached to an aromatic ring is 1. The van der Waals surface area contributed by atoms with Gasteiger partial charge in [-0.25, -0.2) is 0 Å². The van der Waals surface area contributed by atoms with E-state index in [-0.39, 0.29) is 0 Å². The summed E-state index contributed by atoms with van der Waals surface area (Å²) >= 11 is 0. The third-order valence-electron chi connectivity index (χ3n) is 2.38. The van der Waals surface area contributed by atoms with E-state index in [1.165, 1.54) is 5.56 Å². The van der Waals surface area contributed by atoms with Crippen LogP contribution in [0.3, 0.4) is 0 Å². The van der Waals surface area contributed by atoms with Crippen molar-refractivity contribution in [2.75, 3.05) is 5.73 Å². The van der Waals surface area contributed by atoms with Crippen LogP contribution in [-0.2, 0) is 0 Å². The zero-order chi connectivity index (χ0) is 11.5. The molecule has 2 aromatic carbocycles. The largest absolute Gasteiger partial charge is 0.455 e. The third kappa shape index (κ3) is 2.34. The quantitative estimate of drug-likeness (QED) is 0.772. The van der Waals surface area contributed by atoms with Gasteiger partial charge in [-0.2, -0.15) is 0 Å². The SMILES string of the molecule is Cc1cccc(Oc2ccc(C)cc2N)c1. The molecule has 2 aromatic rings. The maximum atomic E-state index is 5.88. The predicted molar refractivity (Wildman–Crippen MR) is 66.8 cm³/mol. The number of hydrogen-bond donors (Lipinski definition) is 1. The summed E-state index contributed by atoms with van der Waals surface area (Å²) in [5, 5.41) is 0. The van der Waals surface area contributed by atoms with Crippen molar-refractivity contribution >= 4 is 5.69 Å². The van der Waals surface area contributed by atoms with E-state index in [0.29, 0.717) is 11.4 Å². The van der Waals surface area contributed by atoms with Crippen LogP contribution in [0.25, 0.3) is 0 Å². The Balaban J connectivity index is 2.27. The first kappa shape index (κ1) is 10.6. The molecule has 0 fully saturated rings. The summed E-state index contributed by atoms with van der Waals surface area (Å²) in [7, 11) is 0. The van der Waals surface area contributed by atoms with Crippen LogP contribution < -0.4 is 10.5 Å². The number of benzene rings is 2. The van der Waals surface area contributed by atoms with Crippen LogP contribution in [0, 0.1) is 13.8 Å². The topological polar surface area (TPSA) is 35.2 Å². The summed E-state index contributed by atoms with van der Waals surface area (Å²) in [5.41, 5.74) is 8.85. The molecule has 0 unspecified atom stereocenters. The molecule has 0 amide bonds. The van der Waals surface area contributed by atoms with Gasteiger partial charge in [0.05, 0.1) is 5.69 Å². The molecule has 2 nitrogen and oxygen atoms in total. The Kier molecular flexibility index (Phi) is 2.82. The molecule has 0 aromatic heterocycles. The van der Waals surface area contributed by atoms with E-state index in [1.54, 1.807) is 0 Å². The molecule has 0 spiro atoms. The normalized spacial score (nSPS) is 10.1. The Morgan fingerprint density at radius 3 is 2.38 bits per heavy atom. The van der Waals surface area contributed by atoms with Gasteiger partial charge >= 0.3 is 0 Å². The minimum Gasteiger partial charge on any atom is -0.455 e. The van der Waals surface area contributed by atoms with Gasteiger partial charge in [-0.05, 0) is 49.2 Å². The van der Waals surface area contributed by atoms with Crippen molar-refractivity contribution in [3.63, 3.8) is 0 Å². The lowest BCUT2D eigenvalue weighted by atomic mass is 10.2. The van der Waals surface area contributed by atoms with Gasteiger partial charge in [-0.15, -0.1) is 0 Å². The molecule has 0 aliphatic heterocycles. The summed E-state index contributed by atoms with van der Waals surface area (Å²) in [5.74, 6) is 1.52. The third-order valence-corrected chi connectivity index (χ3v) is 2.38. The van der Waals surface area contributed by atoms with Gasteiger partial charge in [0.15, 0.2) is 0 Å².